The third-order valence-corrected chi connectivity index (χ3v) is 3.08. The van der Waals surface area contributed by atoms with Crippen molar-refractivity contribution in [1.29, 1.82) is 0 Å². The number of aromatic nitrogens is 2. The van der Waals surface area contributed by atoms with Crippen molar-refractivity contribution in [3.8, 4) is 5.75 Å². The molecule has 2 N–H and O–H groups in total. The van der Waals surface area contributed by atoms with Crippen molar-refractivity contribution < 1.29 is 14.6 Å². The van der Waals surface area contributed by atoms with Crippen molar-refractivity contribution in [3.05, 3.63) is 48.3 Å². The molecule has 0 radical (unpaired) electrons. The van der Waals surface area contributed by atoms with Crippen LogP contribution in [0.2, 0.25) is 0 Å². The van der Waals surface area contributed by atoms with Gasteiger partial charge < -0.3 is 15.2 Å². The van der Waals surface area contributed by atoms with E-state index in [-0.39, 0.29) is 0 Å². The summed E-state index contributed by atoms with van der Waals surface area (Å²) in [6, 6.07) is 8.69. The van der Waals surface area contributed by atoms with E-state index in [9.17, 15) is 9.90 Å². The second kappa shape index (κ2) is 7.44. The number of carbonyl (C=O) groups excluding carboxylic acids is 1. The molecule has 1 unspecified atom stereocenters. The van der Waals surface area contributed by atoms with Gasteiger partial charge in [0.05, 0.1) is 7.11 Å². The Morgan fingerprint density at radius 2 is 2.33 bits per heavy atom. The Hall–Kier alpha value is -2.34. The van der Waals surface area contributed by atoms with Gasteiger partial charge in [-0.2, -0.15) is 5.10 Å². The van der Waals surface area contributed by atoms with Crippen LogP contribution in [0.4, 0.5) is 0 Å². The zero-order chi connectivity index (χ0) is 15.1. The van der Waals surface area contributed by atoms with Crippen LogP contribution in [-0.2, 0) is 11.3 Å². The van der Waals surface area contributed by atoms with E-state index in [1.54, 1.807) is 42.3 Å². The molecule has 2 rings (SSSR count). The summed E-state index contributed by atoms with van der Waals surface area (Å²) in [6.07, 6.45) is 3.14. The molecule has 1 aromatic heterocycles. The minimum atomic E-state index is -1.19. The van der Waals surface area contributed by atoms with Gasteiger partial charge in [0.25, 0.3) is 5.91 Å². The highest BCUT2D eigenvalue weighted by atomic mass is 16.5. The van der Waals surface area contributed by atoms with Gasteiger partial charge in [0.1, 0.15) is 5.75 Å². The molecular weight excluding hydrogens is 270 g/mol. The number of benzene rings is 1. The molecule has 2 aromatic rings. The zero-order valence-corrected chi connectivity index (χ0v) is 11.9. The number of rotatable bonds is 7. The molecule has 0 aliphatic heterocycles. The molecule has 6 heteroatoms. The normalized spacial score (nSPS) is 11.9. The fraction of sp³-hybridized carbons (Fsp3) is 0.333. The summed E-state index contributed by atoms with van der Waals surface area (Å²) in [4.78, 5) is 11.9. The Balaban J connectivity index is 1.79. The van der Waals surface area contributed by atoms with Gasteiger partial charge in [-0.3, -0.25) is 9.48 Å². The number of hydrogen-bond acceptors (Lipinski definition) is 4. The Labute approximate surface area is 123 Å². The molecule has 1 atom stereocenters. The lowest BCUT2D eigenvalue weighted by Gasteiger charge is -2.12. The molecule has 0 spiro atoms. The maximum atomic E-state index is 11.9. The van der Waals surface area contributed by atoms with Gasteiger partial charge in [-0.1, -0.05) is 12.1 Å². The predicted octanol–water partition coefficient (Wildman–Crippen LogP) is 1.13. The fourth-order valence-electron chi connectivity index (χ4n) is 1.95. The second-order valence-corrected chi connectivity index (χ2v) is 4.59. The number of ether oxygens (including phenoxy) is 1. The molecule has 1 heterocycles. The van der Waals surface area contributed by atoms with E-state index >= 15 is 0 Å². The third kappa shape index (κ3) is 4.32. The molecule has 0 saturated carbocycles. The maximum Gasteiger partial charge on any atom is 0.253 e. The van der Waals surface area contributed by atoms with E-state index in [1.807, 2.05) is 12.3 Å². The summed E-state index contributed by atoms with van der Waals surface area (Å²) >= 11 is 0. The number of aliphatic hydroxyl groups excluding tert-OH is 1. The molecule has 6 nitrogen and oxygen atoms in total. The minimum absolute atomic E-state index is 0.413. The SMILES string of the molecule is COc1cccc(C(O)C(=O)NCCCn2cccn2)c1. The number of aliphatic hydroxyl groups is 1. The van der Waals surface area contributed by atoms with Crippen LogP contribution in [0.5, 0.6) is 5.75 Å². The number of nitrogens with one attached hydrogen (secondary N) is 1. The number of nitrogens with zero attached hydrogens (tertiary/aromatic N) is 2. The van der Waals surface area contributed by atoms with Gasteiger partial charge in [-0.25, -0.2) is 0 Å². The van der Waals surface area contributed by atoms with Crippen molar-refractivity contribution in [1.82, 2.24) is 15.1 Å². The van der Waals surface area contributed by atoms with Crippen LogP contribution in [0.1, 0.15) is 18.1 Å². The van der Waals surface area contributed by atoms with E-state index in [4.69, 9.17) is 4.74 Å². The van der Waals surface area contributed by atoms with Crippen LogP contribution in [-0.4, -0.2) is 34.4 Å². The van der Waals surface area contributed by atoms with Gasteiger partial charge in [0.15, 0.2) is 6.10 Å². The first-order valence-electron chi connectivity index (χ1n) is 6.78. The largest absolute Gasteiger partial charge is 0.497 e. The fourth-order valence-corrected chi connectivity index (χ4v) is 1.95. The number of amides is 1. The van der Waals surface area contributed by atoms with E-state index in [0.29, 0.717) is 17.9 Å². The number of aryl methyl sites for hydroxylation is 1. The van der Waals surface area contributed by atoms with Crippen molar-refractivity contribution >= 4 is 5.91 Å². The van der Waals surface area contributed by atoms with E-state index in [2.05, 4.69) is 10.4 Å². The highest BCUT2D eigenvalue weighted by Crippen LogP contribution is 2.19. The molecule has 0 bridgehead atoms. The smallest absolute Gasteiger partial charge is 0.253 e. The van der Waals surface area contributed by atoms with Gasteiger partial charge >= 0.3 is 0 Å². The molecule has 0 fully saturated rings. The lowest BCUT2D eigenvalue weighted by Crippen LogP contribution is -2.30. The highest BCUT2D eigenvalue weighted by molar-refractivity contribution is 5.81. The highest BCUT2D eigenvalue weighted by Gasteiger charge is 2.17. The molecule has 1 aromatic carbocycles. The Morgan fingerprint density at radius 3 is 3.05 bits per heavy atom. The summed E-state index contributed by atoms with van der Waals surface area (Å²) < 4.78 is 6.87. The number of carbonyl (C=O) groups is 1. The lowest BCUT2D eigenvalue weighted by atomic mass is 10.1. The first-order chi connectivity index (χ1) is 10.2. The molecule has 1 amide bonds. The first-order valence-corrected chi connectivity index (χ1v) is 6.78. The summed E-state index contributed by atoms with van der Waals surface area (Å²) in [5.74, 6) is 0.196. The Bertz CT molecular complexity index is 569. The molecule has 0 aliphatic rings. The van der Waals surface area contributed by atoms with Gasteiger partial charge in [-0.15, -0.1) is 0 Å². The molecule has 0 saturated heterocycles. The molecule has 0 aliphatic carbocycles. The summed E-state index contributed by atoms with van der Waals surface area (Å²) in [6.45, 7) is 1.21. The second-order valence-electron chi connectivity index (χ2n) is 4.59. The van der Waals surface area contributed by atoms with E-state index in [0.717, 1.165) is 13.0 Å². The Kier molecular flexibility index (Phi) is 5.34. The summed E-state index contributed by atoms with van der Waals surface area (Å²) in [5, 5.41) is 16.8. The molecular formula is C15H19N3O3. The van der Waals surface area contributed by atoms with Crippen LogP contribution in [0.3, 0.4) is 0 Å². The Morgan fingerprint density at radius 1 is 1.48 bits per heavy atom. The maximum absolute atomic E-state index is 11.9. The van der Waals surface area contributed by atoms with Crippen LogP contribution in [0.25, 0.3) is 0 Å². The first kappa shape index (κ1) is 15.1. The van der Waals surface area contributed by atoms with Gasteiger partial charge in [0.2, 0.25) is 0 Å². The van der Waals surface area contributed by atoms with Crippen LogP contribution < -0.4 is 10.1 Å². The van der Waals surface area contributed by atoms with Crippen molar-refractivity contribution in [2.45, 2.75) is 19.1 Å². The molecule has 21 heavy (non-hydrogen) atoms. The lowest BCUT2D eigenvalue weighted by molar-refractivity contribution is -0.129. The van der Waals surface area contributed by atoms with Crippen LogP contribution >= 0.6 is 0 Å². The quantitative estimate of drug-likeness (QED) is 0.749. The van der Waals surface area contributed by atoms with Crippen molar-refractivity contribution in [3.63, 3.8) is 0 Å². The minimum Gasteiger partial charge on any atom is -0.497 e. The predicted molar refractivity (Wildman–Crippen MR) is 77.8 cm³/mol. The van der Waals surface area contributed by atoms with E-state index < -0.39 is 12.0 Å². The summed E-state index contributed by atoms with van der Waals surface area (Å²) in [5.41, 5.74) is 0.513. The van der Waals surface area contributed by atoms with Gasteiger partial charge in [0, 0.05) is 25.5 Å². The average molecular weight is 289 g/mol. The van der Waals surface area contributed by atoms with Crippen molar-refractivity contribution in [2.75, 3.05) is 13.7 Å². The van der Waals surface area contributed by atoms with Crippen LogP contribution in [0.15, 0.2) is 42.7 Å². The zero-order valence-electron chi connectivity index (χ0n) is 11.9. The summed E-state index contributed by atoms with van der Waals surface area (Å²) in [7, 11) is 1.54. The number of methoxy groups -OCH3 is 1. The number of hydrogen-bond donors (Lipinski definition) is 2. The molecule has 112 valence electrons. The monoisotopic (exact) mass is 289 g/mol. The van der Waals surface area contributed by atoms with E-state index in [1.165, 1.54) is 0 Å². The average Bonchev–Trinajstić information content (AvgIpc) is 3.04. The van der Waals surface area contributed by atoms with Crippen molar-refractivity contribution in [2.24, 2.45) is 0 Å². The third-order valence-electron chi connectivity index (χ3n) is 3.08. The standard InChI is InChI=1S/C15H19N3O3/c1-21-13-6-2-5-12(11-13)14(19)15(20)16-7-3-9-18-10-4-8-17-18/h2,4-6,8,10-11,14,19H,3,7,9H2,1H3,(H,16,20). The van der Waals surface area contributed by atoms with Crippen LogP contribution in [0, 0.1) is 0 Å². The van der Waals surface area contributed by atoms with Gasteiger partial charge in [-0.05, 0) is 30.2 Å². The topological polar surface area (TPSA) is 76.4 Å².